The van der Waals surface area contributed by atoms with E-state index in [-0.39, 0.29) is 17.4 Å². The summed E-state index contributed by atoms with van der Waals surface area (Å²) in [6.07, 6.45) is 4.84. The van der Waals surface area contributed by atoms with Crippen molar-refractivity contribution in [1.29, 1.82) is 0 Å². The first kappa shape index (κ1) is 20.6. The molecule has 29 heavy (non-hydrogen) atoms. The van der Waals surface area contributed by atoms with Crippen LogP contribution in [0.25, 0.3) is 6.08 Å². The van der Waals surface area contributed by atoms with E-state index in [1.54, 1.807) is 36.2 Å². The molecule has 1 aromatic heterocycles. The van der Waals surface area contributed by atoms with Crippen LogP contribution in [-0.4, -0.2) is 22.7 Å². The Morgan fingerprint density at radius 1 is 1.21 bits per heavy atom. The maximum absolute atomic E-state index is 13.2. The SMILES string of the molecule is CCn1nccc1C(=O)/C=C/c1ccc(OC)c(COc2ccc(F)cc2Cl)c1. The molecule has 3 aromatic rings. The van der Waals surface area contributed by atoms with Gasteiger partial charge in [-0.3, -0.25) is 9.48 Å². The Balaban J connectivity index is 1.76. The van der Waals surface area contributed by atoms with E-state index in [9.17, 15) is 9.18 Å². The summed E-state index contributed by atoms with van der Waals surface area (Å²) in [5, 5.41) is 4.30. The van der Waals surface area contributed by atoms with Gasteiger partial charge in [0.2, 0.25) is 5.78 Å². The lowest BCUT2D eigenvalue weighted by molar-refractivity contribution is 0.103. The zero-order chi connectivity index (χ0) is 20.8. The van der Waals surface area contributed by atoms with Crippen LogP contribution in [0.3, 0.4) is 0 Å². The Labute approximate surface area is 173 Å². The summed E-state index contributed by atoms with van der Waals surface area (Å²) in [6, 6.07) is 11.1. The number of rotatable bonds is 8. The first-order valence-electron chi connectivity index (χ1n) is 9.00. The molecule has 150 valence electrons. The lowest BCUT2D eigenvalue weighted by atomic mass is 10.1. The molecule has 0 aliphatic heterocycles. The van der Waals surface area contributed by atoms with Gasteiger partial charge in [-0.15, -0.1) is 0 Å². The topological polar surface area (TPSA) is 53.4 Å². The van der Waals surface area contributed by atoms with Gasteiger partial charge in [0.15, 0.2) is 0 Å². The minimum absolute atomic E-state index is 0.129. The van der Waals surface area contributed by atoms with Crippen molar-refractivity contribution in [3.8, 4) is 11.5 Å². The van der Waals surface area contributed by atoms with E-state index >= 15 is 0 Å². The third-order valence-electron chi connectivity index (χ3n) is 4.28. The lowest BCUT2D eigenvalue weighted by Gasteiger charge is -2.12. The third kappa shape index (κ3) is 5.03. The van der Waals surface area contributed by atoms with Crippen LogP contribution >= 0.6 is 11.6 Å². The van der Waals surface area contributed by atoms with Crippen molar-refractivity contribution in [2.75, 3.05) is 7.11 Å². The van der Waals surface area contributed by atoms with Crippen LogP contribution in [0.5, 0.6) is 11.5 Å². The van der Waals surface area contributed by atoms with E-state index in [2.05, 4.69) is 5.10 Å². The Bertz CT molecular complexity index is 1050. The van der Waals surface area contributed by atoms with Gasteiger partial charge in [-0.05, 0) is 55.0 Å². The van der Waals surface area contributed by atoms with Crippen molar-refractivity contribution in [2.45, 2.75) is 20.1 Å². The Hall–Kier alpha value is -3.12. The van der Waals surface area contributed by atoms with Gasteiger partial charge in [-0.25, -0.2) is 4.39 Å². The maximum Gasteiger partial charge on any atom is 0.203 e. The molecule has 0 aliphatic rings. The number of ketones is 1. The molecule has 0 unspecified atom stereocenters. The number of carbonyl (C=O) groups is 1. The van der Waals surface area contributed by atoms with Gasteiger partial charge >= 0.3 is 0 Å². The molecule has 5 nitrogen and oxygen atoms in total. The van der Waals surface area contributed by atoms with Crippen molar-refractivity contribution in [1.82, 2.24) is 9.78 Å². The van der Waals surface area contributed by atoms with E-state index in [0.717, 1.165) is 11.1 Å². The van der Waals surface area contributed by atoms with Crippen molar-refractivity contribution in [3.63, 3.8) is 0 Å². The van der Waals surface area contributed by atoms with Gasteiger partial charge in [0.25, 0.3) is 0 Å². The van der Waals surface area contributed by atoms with E-state index in [1.807, 2.05) is 19.1 Å². The summed E-state index contributed by atoms with van der Waals surface area (Å²) in [6.45, 7) is 2.72. The fraction of sp³-hybridized carbons (Fsp3) is 0.182. The van der Waals surface area contributed by atoms with Crippen LogP contribution in [-0.2, 0) is 13.2 Å². The number of allylic oxidation sites excluding steroid dienone is 1. The molecule has 7 heteroatoms. The third-order valence-corrected chi connectivity index (χ3v) is 4.57. The summed E-state index contributed by atoms with van der Waals surface area (Å²) in [5.74, 6) is 0.451. The Morgan fingerprint density at radius 2 is 2.00 bits per heavy atom. The Morgan fingerprint density at radius 3 is 2.72 bits per heavy atom. The highest BCUT2D eigenvalue weighted by molar-refractivity contribution is 6.32. The molecule has 0 radical (unpaired) electrons. The smallest absolute Gasteiger partial charge is 0.203 e. The summed E-state index contributed by atoms with van der Waals surface area (Å²) in [7, 11) is 1.56. The molecule has 0 aliphatic carbocycles. The fourth-order valence-corrected chi connectivity index (χ4v) is 3.04. The second kappa shape index (κ2) is 9.39. The van der Waals surface area contributed by atoms with Gasteiger partial charge in [-0.2, -0.15) is 5.10 Å². The van der Waals surface area contributed by atoms with Crippen LogP contribution in [0.1, 0.15) is 28.5 Å². The summed E-state index contributed by atoms with van der Waals surface area (Å²) in [4.78, 5) is 12.4. The van der Waals surface area contributed by atoms with E-state index in [0.29, 0.717) is 23.7 Å². The average molecular weight is 415 g/mol. The molecule has 0 saturated heterocycles. The minimum Gasteiger partial charge on any atom is -0.496 e. The van der Waals surface area contributed by atoms with Gasteiger partial charge in [0.05, 0.1) is 12.1 Å². The van der Waals surface area contributed by atoms with Crippen molar-refractivity contribution < 1.29 is 18.7 Å². The van der Waals surface area contributed by atoms with Gasteiger partial charge < -0.3 is 9.47 Å². The highest BCUT2D eigenvalue weighted by atomic mass is 35.5. The molecule has 2 aromatic carbocycles. The molecule has 0 spiro atoms. The minimum atomic E-state index is -0.429. The highest BCUT2D eigenvalue weighted by Crippen LogP contribution is 2.28. The standard InChI is InChI=1S/C22H20ClFN2O3/c1-3-26-19(10-11-25-26)20(27)7-4-15-5-8-21(28-2)16(12-15)14-29-22-9-6-17(24)13-18(22)23/h4-13H,3,14H2,1-2H3/b7-4+. The molecule has 0 saturated carbocycles. The number of nitrogens with zero attached hydrogens (tertiary/aromatic N) is 2. The zero-order valence-corrected chi connectivity index (χ0v) is 16.8. The first-order chi connectivity index (χ1) is 14.0. The molecule has 3 rings (SSSR count). The number of hydrogen-bond donors (Lipinski definition) is 0. The van der Waals surface area contributed by atoms with Crippen LogP contribution in [0, 0.1) is 5.82 Å². The van der Waals surface area contributed by atoms with E-state index < -0.39 is 5.82 Å². The van der Waals surface area contributed by atoms with Gasteiger partial charge in [0, 0.05) is 18.3 Å². The van der Waals surface area contributed by atoms with Crippen LogP contribution < -0.4 is 9.47 Å². The first-order valence-corrected chi connectivity index (χ1v) is 9.38. The predicted molar refractivity (Wildman–Crippen MR) is 110 cm³/mol. The van der Waals surface area contributed by atoms with Crippen molar-refractivity contribution in [2.24, 2.45) is 0 Å². The number of carbonyl (C=O) groups excluding carboxylic acids is 1. The summed E-state index contributed by atoms with van der Waals surface area (Å²) >= 11 is 6.01. The molecule has 0 amide bonds. The van der Waals surface area contributed by atoms with Crippen LogP contribution in [0.4, 0.5) is 4.39 Å². The van der Waals surface area contributed by atoms with Gasteiger partial charge in [0.1, 0.15) is 29.6 Å². The number of ether oxygens (including phenoxy) is 2. The van der Waals surface area contributed by atoms with E-state index in [1.165, 1.54) is 24.3 Å². The fourth-order valence-electron chi connectivity index (χ4n) is 2.81. The van der Waals surface area contributed by atoms with E-state index in [4.69, 9.17) is 21.1 Å². The summed E-state index contributed by atoms with van der Waals surface area (Å²) in [5.41, 5.74) is 2.11. The average Bonchev–Trinajstić information content (AvgIpc) is 3.20. The Kier molecular flexibility index (Phi) is 6.67. The number of aryl methyl sites for hydroxylation is 1. The number of aromatic nitrogens is 2. The molecular formula is C22H20ClFN2O3. The number of methoxy groups -OCH3 is 1. The largest absolute Gasteiger partial charge is 0.496 e. The number of halogens is 2. The molecule has 1 heterocycles. The van der Waals surface area contributed by atoms with Crippen molar-refractivity contribution in [3.05, 3.63) is 82.4 Å². The second-order valence-electron chi connectivity index (χ2n) is 6.16. The van der Waals surface area contributed by atoms with Crippen LogP contribution in [0.2, 0.25) is 5.02 Å². The highest BCUT2D eigenvalue weighted by Gasteiger charge is 2.10. The van der Waals surface area contributed by atoms with Crippen LogP contribution in [0.15, 0.2) is 54.7 Å². The van der Waals surface area contributed by atoms with Crippen molar-refractivity contribution >= 4 is 23.5 Å². The molecule has 0 bridgehead atoms. The quantitative estimate of drug-likeness (QED) is 0.376. The zero-order valence-electron chi connectivity index (χ0n) is 16.1. The molecular weight excluding hydrogens is 395 g/mol. The predicted octanol–water partition coefficient (Wildman–Crippen LogP) is 5.18. The molecule has 0 fully saturated rings. The summed E-state index contributed by atoms with van der Waals surface area (Å²) < 4.78 is 25.9. The monoisotopic (exact) mass is 414 g/mol. The molecule has 0 atom stereocenters. The second-order valence-corrected chi connectivity index (χ2v) is 6.57. The normalized spacial score (nSPS) is 11.0. The number of hydrogen-bond acceptors (Lipinski definition) is 4. The number of benzene rings is 2. The molecule has 0 N–H and O–H groups in total. The van der Waals surface area contributed by atoms with Gasteiger partial charge in [-0.1, -0.05) is 23.7 Å². The lowest BCUT2D eigenvalue weighted by Crippen LogP contribution is -2.07. The maximum atomic E-state index is 13.2.